The topological polar surface area (TPSA) is 72.7 Å². The number of halogens is 3. The molecule has 2 aromatic heterocycles. The number of alkyl halides is 3. The van der Waals surface area contributed by atoms with Gasteiger partial charge in [-0.2, -0.15) is 18.2 Å². The van der Waals surface area contributed by atoms with E-state index in [4.69, 9.17) is 26.1 Å². The maximum absolute atomic E-state index is 12.6. The molecule has 1 aliphatic heterocycles. The van der Waals surface area contributed by atoms with E-state index in [2.05, 4.69) is 15.3 Å². The second-order valence-electron chi connectivity index (χ2n) is 5.70. The lowest BCUT2D eigenvalue weighted by Gasteiger charge is -2.34. The van der Waals surface area contributed by atoms with Crippen LogP contribution in [0.2, 0.25) is 0 Å². The maximum atomic E-state index is 12.6. The predicted molar refractivity (Wildman–Crippen MR) is 92.0 cm³/mol. The maximum Gasteiger partial charge on any atom is 0.451 e. The molecule has 7 nitrogen and oxygen atoms in total. The minimum Gasteiger partial charge on any atom is -0.475 e. The van der Waals surface area contributed by atoms with Gasteiger partial charge in [-0.3, -0.25) is 0 Å². The molecule has 2 aromatic rings. The fraction of sp³-hybridized carbons (Fsp3) is 0.438. The smallest absolute Gasteiger partial charge is 0.451 e. The number of thiocarbonyl (C=S) groups is 1. The first-order valence-electron chi connectivity index (χ1n) is 8.11. The Morgan fingerprint density at radius 1 is 1.41 bits per heavy atom. The molecule has 1 atom stereocenters. The Balaban J connectivity index is 1.49. The molecular formula is C16H17F3N4O3S. The molecule has 146 valence electrons. The first-order valence-corrected chi connectivity index (χ1v) is 8.52. The molecule has 0 aromatic carbocycles. The SMILES string of the molecule is FC(F)(F)c1nccc(OCC2CN(C(=S)NCc3ccco3)CCO2)n1. The van der Waals surface area contributed by atoms with Crippen LogP contribution in [0.5, 0.6) is 5.88 Å². The van der Waals surface area contributed by atoms with Crippen LogP contribution in [0.4, 0.5) is 13.2 Å². The quantitative estimate of drug-likeness (QED) is 0.764. The van der Waals surface area contributed by atoms with E-state index in [9.17, 15) is 13.2 Å². The van der Waals surface area contributed by atoms with Gasteiger partial charge in [0, 0.05) is 25.4 Å². The van der Waals surface area contributed by atoms with Gasteiger partial charge in [0.25, 0.3) is 0 Å². The second-order valence-corrected chi connectivity index (χ2v) is 6.09. The highest BCUT2D eigenvalue weighted by atomic mass is 32.1. The van der Waals surface area contributed by atoms with Crippen molar-refractivity contribution in [2.24, 2.45) is 0 Å². The summed E-state index contributed by atoms with van der Waals surface area (Å²) in [6, 6.07) is 4.90. The number of morpholine rings is 1. The van der Waals surface area contributed by atoms with Gasteiger partial charge in [-0.1, -0.05) is 0 Å². The Morgan fingerprint density at radius 3 is 3.00 bits per heavy atom. The van der Waals surface area contributed by atoms with Crippen LogP contribution in [-0.2, 0) is 17.5 Å². The zero-order chi connectivity index (χ0) is 19.3. The Kier molecular flexibility index (Phi) is 6.11. The van der Waals surface area contributed by atoms with Crippen molar-refractivity contribution in [1.29, 1.82) is 0 Å². The van der Waals surface area contributed by atoms with Crippen LogP contribution in [0.15, 0.2) is 35.1 Å². The van der Waals surface area contributed by atoms with Crippen molar-refractivity contribution in [2.45, 2.75) is 18.8 Å². The highest BCUT2D eigenvalue weighted by molar-refractivity contribution is 7.80. The number of nitrogens with zero attached hydrogens (tertiary/aromatic N) is 3. The van der Waals surface area contributed by atoms with Crippen molar-refractivity contribution >= 4 is 17.3 Å². The van der Waals surface area contributed by atoms with Crippen LogP contribution < -0.4 is 10.1 Å². The van der Waals surface area contributed by atoms with Crippen LogP contribution in [0.25, 0.3) is 0 Å². The van der Waals surface area contributed by atoms with Crippen LogP contribution in [0.1, 0.15) is 11.6 Å². The highest BCUT2D eigenvalue weighted by Gasteiger charge is 2.35. The van der Waals surface area contributed by atoms with Gasteiger partial charge in [0.15, 0.2) is 5.11 Å². The van der Waals surface area contributed by atoms with E-state index >= 15 is 0 Å². The predicted octanol–water partition coefficient (Wildman–Crippen LogP) is 2.24. The van der Waals surface area contributed by atoms with Crippen LogP contribution >= 0.6 is 12.2 Å². The summed E-state index contributed by atoms with van der Waals surface area (Å²) in [5, 5.41) is 3.64. The second kappa shape index (κ2) is 8.53. The third-order valence-electron chi connectivity index (χ3n) is 3.72. The summed E-state index contributed by atoms with van der Waals surface area (Å²) in [6.07, 6.45) is -2.39. The van der Waals surface area contributed by atoms with Crippen molar-refractivity contribution in [3.8, 4) is 5.88 Å². The minimum absolute atomic E-state index is 0.0472. The van der Waals surface area contributed by atoms with E-state index < -0.39 is 12.0 Å². The monoisotopic (exact) mass is 402 g/mol. The third-order valence-corrected chi connectivity index (χ3v) is 4.12. The number of hydrogen-bond acceptors (Lipinski definition) is 6. The molecule has 0 radical (unpaired) electrons. The van der Waals surface area contributed by atoms with Crippen molar-refractivity contribution in [3.05, 3.63) is 42.2 Å². The summed E-state index contributed by atoms with van der Waals surface area (Å²) in [5.74, 6) is -0.638. The Morgan fingerprint density at radius 2 is 2.26 bits per heavy atom. The first kappa shape index (κ1) is 19.4. The summed E-state index contributed by atoms with van der Waals surface area (Å²) < 4.78 is 54.1. The molecule has 0 amide bonds. The average molecular weight is 402 g/mol. The van der Waals surface area contributed by atoms with Gasteiger partial charge in [0.2, 0.25) is 11.7 Å². The summed E-state index contributed by atoms with van der Waals surface area (Å²) in [6.45, 7) is 1.98. The number of nitrogens with one attached hydrogen (secondary N) is 1. The molecule has 0 aliphatic carbocycles. The largest absolute Gasteiger partial charge is 0.475 e. The highest BCUT2D eigenvalue weighted by Crippen LogP contribution is 2.26. The lowest BCUT2D eigenvalue weighted by Crippen LogP contribution is -2.50. The van der Waals surface area contributed by atoms with E-state index in [0.29, 0.717) is 31.4 Å². The summed E-state index contributed by atoms with van der Waals surface area (Å²) in [4.78, 5) is 8.47. The average Bonchev–Trinajstić information content (AvgIpc) is 3.18. The van der Waals surface area contributed by atoms with E-state index in [0.717, 1.165) is 12.0 Å². The zero-order valence-electron chi connectivity index (χ0n) is 14.1. The summed E-state index contributed by atoms with van der Waals surface area (Å²) >= 11 is 5.37. The summed E-state index contributed by atoms with van der Waals surface area (Å²) in [5.41, 5.74) is 0. The fourth-order valence-electron chi connectivity index (χ4n) is 2.43. The van der Waals surface area contributed by atoms with Gasteiger partial charge in [-0.05, 0) is 24.4 Å². The van der Waals surface area contributed by atoms with E-state index in [1.807, 2.05) is 11.0 Å². The normalized spacial score (nSPS) is 17.6. The van der Waals surface area contributed by atoms with Gasteiger partial charge in [-0.25, -0.2) is 4.98 Å². The molecular weight excluding hydrogens is 385 g/mol. The molecule has 1 aliphatic rings. The molecule has 11 heteroatoms. The molecule has 1 unspecified atom stereocenters. The molecule has 0 saturated carbocycles. The van der Waals surface area contributed by atoms with Gasteiger partial charge >= 0.3 is 6.18 Å². The van der Waals surface area contributed by atoms with Crippen molar-refractivity contribution in [2.75, 3.05) is 26.3 Å². The van der Waals surface area contributed by atoms with Gasteiger partial charge in [0.05, 0.1) is 19.4 Å². The third kappa shape index (κ3) is 5.54. The molecule has 27 heavy (non-hydrogen) atoms. The van der Waals surface area contributed by atoms with Gasteiger partial charge < -0.3 is 24.1 Å². The number of rotatable bonds is 5. The Labute approximate surface area is 158 Å². The molecule has 1 saturated heterocycles. The fourth-order valence-corrected chi connectivity index (χ4v) is 2.67. The van der Waals surface area contributed by atoms with E-state index in [1.165, 1.54) is 6.07 Å². The van der Waals surface area contributed by atoms with E-state index in [1.54, 1.807) is 12.3 Å². The number of aromatic nitrogens is 2. The zero-order valence-corrected chi connectivity index (χ0v) is 14.9. The Hall–Kier alpha value is -2.40. The van der Waals surface area contributed by atoms with Crippen LogP contribution in [-0.4, -0.2) is 52.4 Å². The molecule has 1 N–H and O–H groups in total. The molecule has 3 rings (SSSR count). The molecule has 0 spiro atoms. The number of hydrogen-bond donors (Lipinski definition) is 1. The van der Waals surface area contributed by atoms with Gasteiger partial charge in [0.1, 0.15) is 18.5 Å². The van der Waals surface area contributed by atoms with E-state index in [-0.39, 0.29) is 18.6 Å². The molecule has 1 fully saturated rings. The van der Waals surface area contributed by atoms with Crippen molar-refractivity contribution in [1.82, 2.24) is 20.2 Å². The lowest BCUT2D eigenvalue weighted by atomic mass is 10.3. The first-order chi connectivity index (χ1) is 12.9. The molecule has 0 bridgehead atoms. The Bertz CT molecular complexity index is 758. The molecule has 3 heterocycles. The van der Waals surface area contributed by atoms with Crippen LogP contribution in [0, 0.1) is 0 Å². The van der Waals surface area contributed by atoms with Crippen LogP contribution in [0.3, 0.4) is 0 Å². The summed E-state index contributed by atoms with van der Waals surface area (Å²) in [7, 11) is 0. The van der Waals surface area contributed by atoms with Crippen molar-refractivity contribution in [3.63, 3.8) is 0 Å². The van der Waals surface area contributed by atoms with Crippen molar-refractivity contribution < 1.29 is 27.1 Å². The van der Waals surface area contributed by atoms with Gasteiger partial charge in [-0.15, -0.1) is 0 Å². The minimum atomic E-state index is -4.62. The number of furan rings is 1. The number of ether oxygens (including phenoxy) is 2. The standard InChI is InChI=1S/C16H17F3N4O3S/c17-16(18,19)14-20-4-3-13(22-14)26-10-12-9-23(5-7-25-12)15(27)21-8-11-2-1-6-24-11/h1-4,6,12H,5,7-10H2,(H,21,27). The lowest BCUT2D eigenvalue weighted by molar-refractivity contribution is -0.145.